The fourth-order valence-electron chi connectivity index (χ4n) is 2.96. The van der Waals surface area contributed by atoms with Crippen LogP contribution in [-0.2, 0) is 16.1 Å². The number of hydrogen-bond donors (Lipinski definition) is 1. The molecule has 0 aliphatic heterocycles. The van der Waals surface area contributed by atoms with Crippen molar-refractivity contribution in [3.63, 3.8) is 0 Å². The van der Waals surface area contributed by atoms with Crippen LogP contribution in [0.2, 0.25) is 5.02 Å². The van der Waals surface area contributed by atoms with E-state index in [4.69, 9.17) is 16.3 Å². The topological polar surface area (TPSA) is 90.3 Å². The van der Waals surface area contributed by atoms with Crippen molar-refractivity contribution in [3.05, 3.63) is 68.4 Å². The Morgan fingerprint density at radius 3 is 2.77 bits per heavy atom. The standard InChI is InChI=1S/C20H14ClN3O4S2/c1-28-20(27)16-13(11-4-2-3-5-14(11)21)9-30-18(16)23-15(25)8-24-10-22-17-12(19(24)26)6-7-29-17/h2-7,9-10H,8H2,1H3,(H,23,25). The lowest BCUT2D eigenvalue weighted by Gasteiger charge is -2.09. The summed E-state index contributed by atoms with van der Waals surface area (Å²) >= 11 is 8.81. The molecule has 0 aliphatic carbocycles. The molecule has 4 rings (SSSR count). The molecule has 1 aromatic carbocycles. The highest BCUT2D eigenvalue weighted by molar-refractivity contribution is 7.16. The highest BCUT2D eigenvalue weighted by Gasteiger charge is 2.23. The van der Waals surface area contributed by atoms with Crippen molar-refractivity contribution in [2.24, 2.45) is 0 Å². The summed E-state index contributed by atoms with van der Waals surface area (Å²) in [6.45, 7) is -0.239. The second kappa shape index (κ2) is 8.39. The largest absolute Gasteiger partial charge is 0.465 e. The van der Waals surface area contributed by atoms with Crippen LogP contribution in [0.15, 0.2) is 52.2 Å². The van der Waals surface area contributed by atoms with E-state index in [2.05, 4.69) is 10.3 Å². The number of methoxy groups -OCH3 is 1. The Kier molecular flexibility index (Phi) is 5.67. The number of thiophene rings is 2. The number of ether oxygens (including phenoxy) is 1. The quantitative estimate of drug-likeness (QED) is 0.450. The van der Waals surface area contributed by atoms with Crippen LogP contribution < -0.4 is 10.9 Å². The van der Waals surface area contributed by atoms with Gasteiger partial charge in [0.2, 0.25) is 5.91 Å². The summed E-state index contributed by atoms with van der Waals surface area (Å²) in [5.41, 5.74) is 1.13. The van der Waals surface area contributed by atoms with Gasteiger partial charge in [-0.05, 0) is 17.5 Å². The summed E-state index contributed by atoms with van der Waals surface area (Å²) < 4.78 is 6.13. The van der Waals surface area contributed by atoms with Gasteiger partial charge in [-0.25, -0.2) is 9.78 Å². The van der Waals surface area contributed by atoms with Crippen LogP contribution in [-0.4, -0.2) is 28.5 Å². The summed E-state index contributed by atoms with van der Waals surface area (Å²) in [4.78, 5) is 42.4. The zero-order chi connectivity index (χ0) is 21.3. The molecule has 1 amide bonds. The second-order valence-corrected chi connectivity index (χ2v) is 8.37. The molecule has 0 atom stereocenters. The Morgan fingerprint density at radius 1 is 1.20 bits per heavy atom. The van der Waals surface area contributed by atoms with Gasteiger partial charge in [-0.2, -0.15) is 0 Å². The molecule has 0 radical (unpaired) electrons. The number of hydrogen-bond acceptors (Lipinski definition) is 7. The third-order valence-corrected chi connectivity index (χ3v) is 6.41. The Bertz CT molecular complexity index is 1330. The van der Waals surface area contributed by atoms with Gasteiger partial charge in [0.25, 0.3) is 5.56 Å². The molecule has 0 aliphatic rings. The van der Waals surface area contributed by atoms with E-state index in [1.54, 1.807) is 41.1 Å². The number of nitrogens with zero attached hydrogens (tertiary/aromatic N) is 2. The number of anilines is 1. The summed E-state index contributed by atoms with van der Waals surface area (Å²) in [7, 11) is 1.27. The first kappa shape index (κ1) is 20.3. The van der Waals surface area contributed by atoms with E-state index >= 15 is 0 Å². The van der Waals surface area contributed by atoms with E-state index < -0.39 is 11.9 Å². The molecule has 10 heteroatoms. The van der Waals surface area contributed by atoms with E-state index in [1.165, 1.54) is 40.7 Å². The first-order valence-electron chi connectivity index (χ1n) is 8.66. The second-order valence-electron chi connectivity index (χ2n) is 6.19. The Morgan fingerprint density at radius 2 is 2.00 bits per heavy atom. The average Bonchev–Trinajstić information content (AvgIpc) is 3.37. The van der Waals surface area contributed by atoms with Crippen LogP contribution in [0.1, 0.15) is 10.4 Å². The maximum absolute atomic E-state index is 12.6. The zero-order valence-electron chi connectivity index (χ0n) is 15.5. The molecule has 3 heterocycles. The van der Waals surface area contributed by atoms with Gasteiger partial charge in [-0.15, -0.1) is 22.7 Å². The van der Waals surface area contributed by atoms with Gasteiger partial charge in [0.15, 0.2) is 0 Å². The molecule has 0 bridgehead atoms. The van der Waals surface area contributed by atoms with Crippen LogP contribution in [0.25, 0.3) is 21.3 Å². The molecule has 0 unspecified atom stereocenters. The number of carbonyl (C=O) groups excluding carboxylic acids is 2. The predicted molar refractivity (Wildman–Crippen MR) is 119 cm³/mol. The fraction of sp³-hybridized carbons (Fsp3) is 0.100. The molecule has 0 saturated heterocycles. The minimum atomic E-state index is -0.597. The van der Waals surface area contributed by atoms with Crippen molar-refractivity contribution in [1.29, 1.82) is 0 Å². The minimum Gasteiger partial charge on any atom is -0.465 e. The first-order chi connectivity index (χ1) is 14.5. The lowest BCUT2D eigenvalue weighted by Crippen LogP contribution is -2.27. The van der Waals surface area contributed by atoms with Crippen molar-refractivity contribution in [2.75, 3.05) is 12.4 Å². The van der Waals surface area contributed by atoms with Gasteiger partial charge in [0.05, 0.1) is 18.8 Å². The lowest BCUT2D eigenvalue weighted by molar-refractivity contribution is -0.116. The van der Waals surface area contributed by atoms with Crippen molar-refractivity contribution in [2.45, 2.75) is 6.54 Å². The maximum Gasteiger partial charge on any atom is 0.341 e. The van der Waals surface area contributed by atoms with Crippen LogP contribution in [0, 0.1) is 0 Å². The van der Waals surface area contributed by atoms with Gasteiger partial charge in [-0.3, -0.25) is 14.2 Å². The number of esters is 1. The molecule has 0 saturated carbocycles. The molecule has 30 heavy (non-hydrogen) atoms. The van der Waals surface area contributed by atoms with Crippen molar-refractivity contribution in [1.82, 2.24) is 9.55 Å². The number of amides is 1. The Balaban J connectivity index is 1.64. The molecule has 0 spiro atoms. The van der Waals surface area contributed by atoms with Crippen molar-refractivity contribution >= 4 is 61.4 Å². The monoisotopic (exact) mass is 459 g/mol. The Hall–Kier alpha value is -3.01. The third kappa shape index (κ3) is 3.74. The van der Waals surface area contributed by atoms with Crippen molar-refractivity contribution in [3.8, 4) is 11.1 Å². The van der Waals surface area contributed by atoms with Gasteiger partial charge >= 0.3 is 5.97 Å². The van der Waals surface area contributed by atoms with Crippen LogP contribution in [0.5, 0.6) is 0 Å². The maximum atomic E-state index is 12.6. The van der Waals surface area contributed by atoms with E-state index in [1.807, 2.05) is 0 Å². The molecule has 7 nitrogen and oxygen atoms in total. The van der Waals surface area contributed by atoms with Gasteiger partial charge < -0.3 is 10.1 Å². The van der Waals surface area contributed by atoms with Gasteiger partial charge in [0, 0.05) is 21.5 Å². The number of halogens is 1. The molecule has 3 aromatic heterocycles. The molecular weight excluding hydrogens is 446 g/mol. The van der Waals surface area contributed by atoms with E-state index in [9.17, 15) is 14.4 Å². The zero-order valence-corrected chi connectivity index (χ0v) is 17.9. The number of benzene rings is 1. The number of aromatic nitrogens is 2. The van der Waals surface area contributed by atoms with Crippen LogP contribution >= 0.6 is 34.3 Å². The van der Waals surface area contributed by atoms with E-state index in [-0.39, 0.29) is 17.7 Å². The fourth-order valence-corrected chi connectivity index (χ4v) is 4.88. The molecule has 152 valence electrons. The summed E-state index contributed by atoms with van der Waals surface area (Å²) in [6.07, 6.45) is 1.34. The third-order valence-electron chi connectivity index (χ3n) is 4.36. The first-order valence-corrected chi connectivity index (χ1v) is 10.8. The summed E-state index contributed by atoms with van der Waals surface area (Å²) in [5.74, 6) is -1.06. The van der Waals surface area contributed by atoms with E-state index in [0.717, 1.165) is 0 Å². The SMILES string of the molecule is COC(=O)c1c(-c2ccccc2Cl)csc1NC(=O)Cn1cnc2sccc2c1=O. The normalized spacial score (nSPS) is 10.9. The molecule has 1 N–H and O–H groups in total. The number of fused-ring (bicyclic) bond motifs is 1. The van der Waals surface area contributed by atoms with Gasteiger partial charge in [-0.1, -0.05) is 29.8 Å². The van der Waals surface area contributed by atoms with Crippen molar-refractivity contribution < 1.29 is 14.3 Å². The smallest absolute Gasteiger partial charge is 0.341 e. The summed E-state index contributed by atoms with van der Waals surface area (Å²) in [5, 5.41) is 7.46. The Labute approximate surface area is 183 Å². The van der Waals surface area contributed by atoms with Gasteiger partial charge in [0.1, 0.15) is 21.9 Å². The predicted octanol–water partition coefficient (Wildman–Crippen LogP) is 4.27. The minimum absolute atomic E-state index is 0.211. The highest BCUT2D eigenvalue weighted by Crippen LogP contribution is 2.39. The molecular formula is C20H14ClN3O4S2. The number of rotatable bonds is 5. The molecule has 4 aromatic rings. The van der Waals surface area contributed by atoms with E-state index in [0.29, 0.717) is 31.4 Å². The lowest BCUT2D eigenvalue weighted by atomic mass is 10.0. The van der Waals surface area contributed by atoms with Crippen LogP contribution in [0.4, 0.5) is 5.00 Å². The number of carbonyl (C=O) groups is 2. The summed E-state index contributed by atoms with van der Waals surface area (Å²) in [6, 6.07) is 8.76. The van der Waals surface area contributed by atoms with Crippen LogP contribution in [0.3, 0.4) is 0 Å². The highest BCUT2D eigenvalue weighted by atomic mass is 35.5. The molecule has 0 fully saturated rings. The number of nitrogens with one attached hydrogen (secondary N) is 1. The average molecular weight is 460 g/mol.